The Hall–Kier alpha value is -11.8. The van der Waals surface area contributed by atoms with Crippen molar-refractivity contribution in [3.05, 3.63) is 162 Å². The van der Waals surface area contributed by atoms with Gasteiger partial charge in [-0.2, -0.15) is 35.3 Å². The number of ketones is 2. The van der Waals surface area contributed by atoms with Gasteiger partial charge in [0.1, 0.15) is 60.2 Å². The summed E-state index contributed by atoms with van der Waals surface area (Å²) >= 11 is 3.94. The van der Waals surface area contributed by atoms with Crippen LogP contribution in [0.15, 0.2) is 134 Å². The Morgan fingerprint density at radius 2 is 0.992 bits per heavy atom. The Morgan fingerprint density at radius 3 is 1.49 bits per heavy atom. The monoisotopic (exact) mass is 1740 g/mol. The van der Waals surface area contributed by atoms with Crippen LogP contribution >= 0.6 is 35.3 Å². The quantitative estimate of drug-likeness (QED) is 0.0699. The Balaban J connectivity index is 0.955. The number of aliphatic carboxylic acids is 1. The van der Waals surface area contributed by atoms with Gasteiger partial charge in [0.25, 0.3) is 0 Å². The number of nitrogens with zero attached hydrogens (tertiary/aromatic N) is 4. The fourth-order valence-corrected chi connectivity index (χ4v) is 18.1. The molecule has 10 bridgehead atoms. The first-order chi connectivity index (χ1) is 58.9. The number of nitrogens with one attached hydrogen (secondary N) is 11. The minimum absolute atomic E-state index is 0.0303. The second-order valence-electron chi connectivity index (χ2n) is 31.9. The summed E-state index contributed by atoms with van der Waals surface area (Å²) in [5.74, 6) is -13.4. The molecular weight excluding hydrogens is 1630 g/mol. The van der Waals surface area contributed by atoms with Crippen LogP contribution in [0.25, 0.3) is 56.0 Å². The molecule has 11 amide bonds. The predicted octanol–water partition coefficient (Wildman–Crippen LogP) is 5.27. The lowest BCUT2D eigenvalue weighted by Gasteiger charge is -2.32. The number of rotatable bonds is 13. The molecule has 0 radical (unpaired) electrons. The zero-order chi connectivity index (χ0) is 88.3. The Kier molecular flexibility index (Phi) is 32.0. The van der Waals surface area contributed by atoms with Gasteiger partial charge in [-0.3, -0.25) is 62.3 Å². The average Bonchev–Trinajstić information content (AvgIpc) is 1.79. The van der Waals surface area contributed by atoms with Crippen molar-refractivity contribution >= 4 is 140 Å². The number of fused-ring (bicyclic) bond motifs is 4. The van der Waals surface area contributed by atoms with Crippen molar-refractivity contribution < 1.29 is 77.3 Å². The van der Waals surface area contributed by atoms with Gasteiger partial charge < -0.3 is 83.5 Å². The molecule has 35 heteroatoms. The largest absolute Gasteiger partial charge is 0.481 e. The fourth-order valence-electron chi connectivity index (χ4n) is 14.9. The van der Waals surface area contributed by atoms with Crippen LogP contribution in [0.1, 0.15) is 115 Å². The summed E-state index contributed by atoms with van der Waals surface area (Å²) in [7, 11) is 0. The summed E-state index contributed by atoms with van der Waals surface area (Å²) in [5.41, 5.74) is 12.7. The highest BCUT2D eigenvalue weighted by Crippen LogP contribution is 2.31. The summed E-state index contributed by atoms with van der Waals surface area (Å²) < 4.78 is 0. The highest BCUT2D eigenvalue weighted by molar-refractivity contribution is 7.99. The van der Waals surface area contributed by atoms with E-state index in [4.69, 9.17) is 20.7 Å². The number of primary amides is 1. The lowest BCUT2D eigenvalue weighted by Crippen LogP contribution is -2.61. The van der Waals surface area contributed by atoms with Crippen molar-refractivity contribution in [1.29, 1.82) is 0 Å². The number of carboxylic acids is 1. The summed E-state index contributed by atoms with van der Waals surface area (Å²) in [6, 6.07) is 23.7. The lowest BCUT2D eigenvalue weighted by atomic mass is 9.92. The number of para-hydroxylation sites is 2. The maximum absolute atomic E-state index is 15.4. The third kappa shape index (κ3) is 24.5. The zero-order valence-electron chi connectivity index (χ0n) is 69.3. The molecule has 5 aromatic carbocycles. The standard InChI is InChI=1S/C88H104N16O16S3/c1-8-53-35-70(107)75(49(7)106)100-81(113)59(32-48(6)105)43-121-40-50-19-25-54(26-20-50)77-101-78-55-27-21-51(22-28-55)41-122-44-67(76(89)111)96-86(118)69-18-13-31-104(69)88(120)74(47(4)5)99-83(115)64(33-57-37-90-62-16-11-9-14-60(57)62)93-71(108)39-92-82(114)66(36-72(109)110)95-87(119)73(46(2)3)98-84(116)65(34-58-38-91-63-17-12-10-15-61(58)63)94-85(117)68(97-80(53)112)45-123-42-52-23-29-56(30-24-52)79(102-77)103-78/h9-12,14-17,19-30,37-38,46-47,49,53,59,64-69,73-75,90-91,106H,8,13,18,31-36,39-45H2,1-7H3,(H2,89,111)(H,92,114)(H,93,108)(H,94,117)(H,95,119)(H,96,118)(H,97,112)(H,98,116)(H,99,115)(H,100,113)(H,109,110)/t49-,53-,59+,64+,65+,66+,67+,68+,69+,73+,74+,75+/m1/s1. The third-order valence-electron chi connectivity index (χ3n) is 21.8. The van der Waals surface area contributed by atoms with Crippen molar-refractivity contribution in [1.82, 2.24) is 77.7 Å². The van der Waals surface area contributed by atoms with Gasteiger partial charge >= 0.3 is 5.97 Å². The molecule has 650 valence electrons. The van der Waals surface area contributed by atoms with E-state index in [0.29, 0.717) is 85.0 Å². The number of aliphatic hydroxyl groups excluding tert-OH is 1. The summed E-state index contributed by atoms with van der Waals surface area (Å²) in [6.07, 6.45) is 0.342. The molecule has 10 heterocycles. The molecule has 32 nitrogen and oxygen atoms in total. The van der Waals surface area contributed by atoms with Crippen LogP contribution < -0.4 is 53.6 Å². The molecule has 0 spiro atoms. The number of nitrogens with two attached hydrogens (primary N) is 1. The number of Topliss-reactive ketones (excluding diaryl/α,β-unsaturated/α-hetero) is 2. The molecule has 123 heavy (non-hydrogen) atoms. The predicted molar refractivity (Wildman–Crippen MR) is 467 cm³/mol. The first-order valence-corrected chi connectivity index (χ1v) is 44.4. The van der Waals surface area contributed by atoms with Crippen molar-refractivity contribution in [2.75, 3.05) is 30.3 Å². The Morgan fingerprint density at radius 1 is 0.512 bits per heavy atom. The van der Waals surface area contributed by atoms with Crippen LogP contribution in [0.5, 0.6) is 0 Å². The molecule has 0 saturated carbocycles. The van der Waals surface area contributed by atoms with E-state index in [-0.39, 0.29) is 67.4 Å². The molecule has 0 unspecified atom stereocenters. The van der Waals surface area contributed by atoms with Crippen LogP contribution in [0.2, 0.25) is 0 Å². The number of hydrogen-bond donors (Lipinski definition) is 14. The van der Waals surface area contributed by atoms with Gasteiger partial charge in [-0.25, -0.2) is 15.0 Å². The average molecular weight is 1740 g/mol. The van der Waals surface area contributed by atoms with Gasteiger partial charge in [-0.1, -0.05) is 144 Å². The van der Waals surface area contributed by atoms with E-state index >= 15 is 9.59 Å². The minimum Gasteiger partial charge on any atom is -0.481 e. The SMILES string of the molecule is CC[C@@H]1CC(=O)[C@H]([C@@H](C)O)NC(=O)[C@@H](CC(C)=O)CSCc2ccc(cc2)-c2nc3nc(n2)-c2ccc(cc2)CSC[C@H](NC1=O)C(=O)N[C@@H](Cc1c[nH]c2ccccc12)C(=O)N[C@@H](C(C)C)C(=O)N[C@@H](CC(=O)O)C(=O)NCC(=O)N[C@@H](Cc1c[nH]c2ccccc12)C(=O)N[C@@H](C(C)C)C(=O)N1CCC[C@H]1C(=O)N[C@H](C(N)=O)CSCc1ccc-3cc1. The molecule has 7 aliphatic rings. The van der Waals surface area contributed by atoms with Crippen LogP contribution in [0.3, 0.4) is 0 Å². The van der Waals surface area contributed by atoms with Crippen LogP contribution in [0.4, 0.5) is 0 Å². The van der Waals surface area contributed by atoms with Gasteiger partial charge in [0.05, 0.1) is 25.0 Å². The topological polar surface area (TPSA) is 487 Å². The molecule has 1 fully saturated rings. The van der Waals surface area contributed by atoms with E-state index in [1.165, 1.54) is 54.0 Å². The first-order valence-electron chi connectivity index (χ1n) is 41.0. The number of H-pyrrole nitrogens is 2. The number of amides is 11. The maximum Gasteiger partial charge on any atom is 0.305 e. The first kappa shape index (κ1) is 91.9. The van der Waals surface area contributed by atoms with Gasteiger partial charge in [-0.15, -0.1) is 0 Å². The lowest BCUT2D eigenvalue weighted by molar-refractivity contribution is -0.143. The molecule has 15 rings (SSSR count). The van der Waals surface area contributed by atoms with E-state index in [2.05, 4.69) is 57.8 Å². The van der Waals surface area contributed by atoms with E-state index in [1.807, 2.05) is 72.8 Å². The van der Waals surface area contributed by atoms with E-state index in [1.54, 1.807) is 95.5 Å². The third-order valence-corrected chi connectivity index (χ3v) is 25.2. The fraction of sp³-hybridized carbons (Fsp3) is 0.420. The number of hydrogen-bond acceptors (Lipinski definition) is 21. The Bertz CT molecular complexity index is 5220. The highest BCUT2D eigenvalue weighted by Gasteiger charge is 2.42. The number of carbonyl (C=O) groups is 14. The van der Waals surface area contributed by atoms with Gasteiger partial charge in [0, 0.05) is 124 Å². The number of benzene rings is 5. The number of carboxylic acid groups (broad SMARTS) is 1. The number of aromatic nitrogens is 5. The second kappa shape index (κ2) is 42.8. The van der Waals surface area contributed by atoms with Crippen LogP contribution in [-0.2, 0) is 97.2 Å². The Labute approximate surface area is 723 Å². The molecule has 12 atom stereocenters. The summed E-state index contributed by atoms with van der Waals surface area (Å²) in [6.45, 7) is 10.0. The normalized spacial score (nSPS) is 23.3. The molecular formula is C88H104N16O16S3. The van der Waals surface area contributed by atoms with Gasteiger partial charge in [0.15, 0.2) is 23.3 Å². The molecule has 7 aliphatic heterocycles. The molecule has 15 N–H and O–H groups in total. The van der Waals surface area contributed by atoms with Crippen molar-refractivity contribution in [3.63, 3.8) is 0 Å². The number of aromatic amines is 2. The summed E-state index contributed by atoms with van der Waals surface area (Å²) in [4.78, 5) is 223. The van der Waals surface area contributed by atoms with E-state index < -0.39 is 180 Å². The van der Waals surface area contributed by atoms with Gasteiger partial charge in [-0.05, 0) is 84.9 Å². The highest BCUT2D eigenvalue weighted by atomic mass is 32.2. The number of thioether (sulfide) groups is 3. The van der Waals surface area contributed by atoms with Gasteiger partial charge in [0.2, 0.25) is 65.0 Å². The number of carbonyl (C=O) groups excluding carboxylic acids is 13. The maximum atomic E-state index is 15.4. The summed E-state index contributed by atoms with van der Waals surface area (Å²) in [5, 5.41) is 46.9. The molecule has 3 aromatic heterocycles. The van der Waals surface area contributed by atoms with Crippen molar-refractivity contribution in [3.8, 4) is 34.2 Å². The minimum atomic E-state index is -1.90. The second-order valence-corrected chi connectivity index (χ2v) is 35.0. The van der Waals surface area contributed by atoms with Crippen molar-refractivity contribution in [2.45, 2.75) is 178 Å². The number of aliphatic hydroxyl groups is 1. The van der Waals surface area contributed by atoms with E-state index in [0.717, 1.165) is 16.7 Å². The van der Waals surface area contributed by atoms with Crippen molar-refractivity contribution in [2.24, 2.45) is 29.4 Å². The molecule has 8 aromatic rings. The van der Waals surface area contributed by atoms with Crippen LogP contribution in [0, 0.1) is 23.7 Å². The molecule has 1 saturated heterocycles. The molecule has 0 aliphatic carbocycles. The zero-order valence-corrected chi connectivity index (χ0v) is 71.7. The smallest absolute Gasteiger partial charge is 0.305 e. The van der Waals surface area contributed by atoms with E-state index in [9.17, 15) is 67.7 Å². The van der Waals surface area contributed by atoms with Crippen LogP contribution in [-0.4, -0.2) is 213 Å².